The predicted molar refractivity (Wildman–Crippen MR) is 36.9 cm³/mol. The number of hydrogen-bond acceptors (Lipinski definition) is 1. The van der Waals surface area contributed by atoms with Gasteiger partial charge in [0.25, 0.3) is 0 Å². The van der Waals surface area contributed by atoms with Gasteiger partial charge in [0.15, 0.2) is 0 Å². The van der Waals surface area contributed by atoms with Crippen molar-refractivity contribution in [3.05, 3.63) is 0 Å². The molecule has 0 aromatic carbocycles. The Balaban J connectivity index is 2.32. The number of rotatable bonds is 0. The van der Waals surface area contributed by atoms with Crippen molar-refractivity contribution in [1.29, 1.82) is 0 Å². The quantitative estimate of drug-likeness (QED) is 0.483. The largest absolute Gasteiger partial charge is 0.393 e. The minimum Gasteiger partial charge on any atom is -0.393 e. The highest BCUT2D eigenvalue weighted by atomic mass is 16.3. The summed E-state index contributed by atoms with van der Waals surface area (Å²) in [5.74, 6) is 6.05. The van der Waals surface area contributed by atoms with E-state index in [9.17, 15) is 0 Å². The Morgan fingerprint density at radius 3 is 2.78 bits per heavy atom. The van der Waals surface area contributed by atoms with Crippen molar-refractivity contribution in [3.8, 4) is 11.8 Å². The highest BCUT2D eigenvalue weighted by molar-refractivity contribution is 5.00. The van der Waals surface area contributed by atoms with Gasteiger partial charge in [0.1, 0.15) is 0 Å². The van der Waals surface area contributed by atoms with E-state index in [1.165, 1.54) is 0 Å². The van der Waals surface area contributed by atoms with E-state index in [1.54, 1.807) is 0 Å². The maximum Gasteiger partial charge on any atom is 0.0549 e. The lowest BCUT2D eigenvalue weighted by Crippen LogP contribution is -2.06. The molecule has 0 heterocycles. The van der Waals surface area contributed by atoms with Gasteiger partial charge in [-0.1, -0.05) is 0 Å². The molecule has 1 aliphatic rings. The van der Waals surface area contributed by atoms with Crippen LogP contribution in [-0.4, -0.2) is 11.2 Å². The van der Waals surface area contributed by atoms with Gasteiger partial charge in [-0.05, 0) is 19.3 Å². The molecule has 1 N–H and O–H groups in total. The molecule has 50 valence electrons. The van der Waals surface area contributed by atoms with Crippen molar-refractivity contribution >= 4 is 0 Å². The Bertz CT molecular complexity index is 129. The molecule has 0 saturated carbocycles. The lowest BCUT2D eigenvalue weighted by atomic mass is 10.1. The SMILES string of the molecule is OC1CCC#CCCC1. The maximum atomic E-state index is 9.15. The van der Waals surface area contributed by atoms with Crippen LogP contribution in [-0.2, 0) is 0 Å². The molecule has 0 aromatic rings. The number of aliphatic hydroxyl groups is 1. The van der Waals surface area contributed by atoms with Crippen molar-refractivity contribution in [1.82, 2.24) is 0 Å². The highest BCUT2D eigenvalue weighted by Crippen LogP contribution is 2.07. The van der Waals surface area contributed by atoms with Gasteiger partial charge in [-0.15, -0.1) is 11.8 Å². The molecule has 0 saturated heterocycles. The lowest BCUT2D eigenvalue weighted by Gasteiger charge is -2.07. The predicted octanol–water partition coefficient (Wildman–Crippen LogP) is 1.31. The van der Waals surface area contributed by atoms with E-state index >= 15 is 0 Å². The van der Waals surface area contributed by atoms with Crippen molar-refractivity contribution in [2.45, 2.75) is 38.2 Å². The van der Waals surface area contributed by atoms with Crippen molar-refractivity contribution < 1.29 is 5.11 Å². The smallest absolute Gasteiger partial charge is 0.0549 e. The zero-order chi connectivity index (χ0) is 6.53. The molecule has 0 spiro atoms. The average Bonchev–Trinajstić information content (AvgIpc) is 1.79. The molecule has 1 rings (SSSR count). The van der Waals surface area contributed by atoms with E-state index in [0.29, 0.717) is 0 Å². The first kappa shape index (κ1) is 6.64. The first-order valence-electron chi connectivity index (χ1n) is 3.53. The van der Waals surface area contributed by atoms with Crippen LogP contribution in [0.5, 0.6) is 0 Å². The Kier molecular flexibility index (Phi) is 2.60. The summed E-state index contributed by atoms with van der Waals surface area (Å²) in [6.07, 6.45) is 4.63. The summed E-state index contributed by atoms with van der Waals surface area (Å²) in [7, 11) is 0. The third-order valence-electron chi connectivity index (χ3n) is 1.57. The lowest BCUT2D eigenvalue weighted by molar-refractivity contribution is 0.153. The van der Waals surface area contributed by atoms with E-state index in [2.05, 4.69) is 11.8 Å². The van der Waals surface area contributed by atoms with Gasteiger partial charge in [-0.3, -0.25) is 0 Å². The van der Waals surface area contributed by atoms with Crippen LogP contribution in [0.3, 0.4) is 0 Å². The fourth-order valence-corrected chi connectivity index (χ4v) is 0.986. The van der Waals surface area contributed by atoms with Crippen molar-refractivity contribution in [3.63, 3.8) is 0 Å². The summed E-state index contributed by atoms with van der Waals surface area (Å²) in [6, 6.07) is 0. The fraction of sp³-hybridized carbons (Fsp3) is 0.750. The topological polar surface area (TPSA) is 20.2 Å². The summed E-state index contributed by atoms with van der Waals surface area (Å²) in [5.41, 5.74) is 0. The third-order valence-corrected chi connectivity index (χ3v) is 1.57. The molecule has 0 amide bonds. The van der Waals surface area contributed by atoms with Gasteiger partial charge in [-0.2, -0.15) is 0 Å². The zero-order valence-corrected chi connectivity index (χ0v) is 5.56. The Labute approximate surface area is 56.1 Å². The molecule has 1 aliphatic carbocycles. The molecule has 0 fully saturated rings. The van der Waals surface area contributed by atoms with Crippen LogP contribution in [0.2, 0.25) is 0 Å². The van der Waals surface area contributed by atoms with Gasteiger partial charge >= 0.3 is 0 Å². The van der Waals surface area contributed by atoms with Gasteiger partial charge < -0.3 is 5.11 Å². The molecule has 9 heavy (non-hydrogen) atoms. The van der Waals surface area contributed by atoms with E-state index in [4.69, 9.17) is 5.11 Å². The molecule has 0 aliphatic heterocycles. The second kappa shape index (κ2) is 3.53. The van der Waals surface area contributed by atoms with Crippen LogP contribution < -0.4 is 0 Å². The summed E-state index contributed by atoms with van der Waals surface area (Å²) in [6.45, 7) is 0. The number of hydrogen-bond donors (Lipinski definition) is 1. The third kappa shape index (κ3) is 2.53. The maximum absolute atomic E-state index is 9.15. The molecule has 0 radical (unpaired) electrons. The van der Waals surface area contributed by atoms with Crippen LogP contribution in [0.25, 0.3) is 0 Å². The monoisotopic (exact) mass is 124 g/mol. The second-order valence-electron chi connectivity index (χ2n) is 2.44. The van der Waals surface area contributed by atoms with Crippen LogP contribution in [0.15, 0.2) is 0 Å². The van der Waals surface area contributed by atoms with Crippen molar-refractivity contribution in [2.24, 2.45) is 0 Å². The first-order chi connectivity index (χ1) is 4.39. The van der Waals surface area contributed by atoms with E-state index in [1.807, 2.05) is 0 Å². The molecule has 1 nitrogen and oxygen atoms in total. The summed E-state index contributed by atoms with van der Waals surface area (Å²) >= 11 is 0. The summed E-state index contributed by atoms with van der Waals surface area (Å²) in [5, 5.41) is 9.15. The zero-order valence-electron chi connectivity index (χ0n) is 5.56. The second-order valence-corrected chi connectivity index (χ2v) is 2.44. The van der Waals surface area contributed by atoms with Crippen molar-refractivity contribution in [2.75, 3.05) is 0 Å². The van der Waals surface area contributed by atoms with E-state index < -0.39 is 0 Å². The minimum absolute atomic E-state index is 0.0837. The molecule has 1 unspecified atom stereocenters. The normalized spacial score (nSPS) is 27.4. The van der Waals surface area contributed by atoms with Crippen LogP contribution in [0.4, 0.5) is 0 Å². The summed E-state index contributed by atoms with van der Waals surface area (Å²) in [4.78, 5) is 0. The minimum atomic E-state index is -0.0837. The standard InChI is InChI=1S/C8H12O/c9-8-6-4-2-1-3-5-7-8/h8-9H,2,4-7H2. The van der Waals surface area contributed by atoms with E-state index in [-0.39, 0.29) is 6.10 Å². The number of aliphatic hydroxyl groups excluding tert-OH is 1. The summed E-state index contributed by atoms with van der Waals surface area (Å²) < 4.78 is 0. The Morgan fingerprint density at radius 1 is 1.11 bits per heavy atom. The Hall–Kier alpha value is -0.480. The van der Waals surface area contributed by atoms with Crippen LogP contribution in [0, 0.1) is 11.8 Å². The fourth-order valence-electron chi connectivity index (χ4n) is 0.986. The van der Waals surface area contributed by atoms with Gasteiger partial charge in [0.05, 0.1) is 6.10 Å². The van der Waals surface area contributed by atoms with E-state index in [0.717, 1.165) is 32.1 Å². The molecular formula is C8H12O. The molecular weight excluding hydrogens is 112 g/mol. The first-order valence-corrected chi connectivity index (χ1v) is 3.53. The molecule has 1 atom stereocenters. The van der Waals surface area contributed by atoms with Gasteiger partial charge in [-0.25, -0.2) is 0 Å². The Morgan fingerprint density at radius 2 is 1.89 bits per heavy atom. The molecule has 0 aromatic heterocycles. The average molecular weight is 124 g/mol. The highest BCUT2D eigenvalue weighted by Gasteiger charge is 2.02. The molecule has 0 bridgehead atoms. The molecule has 1 heteroatoms. The van der Waals surface area contributed by atoms with Crippen LogP contribution >= 0.6 is 0 Å². The van der Waals surface area contributed by atoms with Crippen LogP contribution in [0.1, 0.15) is 32.1 Å². The van der Waals surface area contributed by atoms with Gasteiger partial charge in [0.2, 0.25) is 0 Å². The van der Waals surface area contributed by atoms with Gasteiger partial charge in [0, 0.05) is 12.8 Å².